The summed E-state index contributed by atoms with van der Waals surface area (Å²) < 4.78 is 16.1. The highest BCUT2D eigenvalue weighted by molar-refractivity contribution is 5.69. The molecule has 0 bridgehead atoms. The van der Waals surface area contributed by atoms with Gasteiger partial charge < -0.3 is 14.2 Å². The zero-order valence-electron chi connectivity index (χ0n) is 43.2. The van der Waals surface area contributed by atoms with Gasteiger partial charge in [-0.3, -0.25) is 9.59 Å². The molecular weight excluding hydrogens is 777 g/mol. The third kappa shape index (κ3) is 57.0. The van der Waals surface area contributed by atoms with Crippen LogP contribution in [0.2, 0.25) is 0 Å². The summed E-state index contributed by atoms with van der Waals surface area (Å²) in [4.78, 5) is 24.1. The van der Waals surface area contributed by atoms with Crippen LogP contribution in [0, 0.1) is 0 Å². The lowest BCUT2D eigenvalue weighted by molar-refractivity contribution is -0.146. The molecule has 0 fully saturated rings. The number of rotatable bonds is 56. The second kappa shape index (κ2) is 57.0. The predicted octanol–water partition coefficient (Wildman–Crippen LogP) is 19.6. The Morgan fingerprint density at radius 1 is 0.222 bits per heavy atom. The highest BCUT2D eigenvalue weighted by Crippen LogP contribution is 2.18. The van der Waals surface area contributed by atoms with Crippen molar-refractivity contribution in [2.45, 2.75) is 335 Å². The van der Waals surface area contributed by atoms with E-state index in [2.05, 4.69) is 13.8 Å². The van der Waals surface area contributed by atoms with E-state index in [1.54, 1.807) is 0 Å². The molecule has 5 nitrogen and oxygen atoms in total. The topological polar surface area (TPSA) is 61.8 Å². The number of unbranched alkanes of at least 4 members (excludes halogenated alkanes) is 46. The molecular formula is C58H114O5. The Morgan fingerprint density at radius 2 is 0.381 bits per heavy atom. The summed E-state index contributed by atoms with van der Waals surface area (Å²) in [7, 11) is 0. The maximum atomic E-state index is 12.0. The van der Waals surface area contributed by atoms with Crippen LogP contribution in [0.15, 0.2) is 0 Å². The first-order valence-corrected chi connectivity index (χ1v) is 29.1. The molecule has 0 heterocycles. The van der Waals surface area contributed by atoms with Crippen molar-refractivity contribution >= 4 is 11.9 Å². The van der Waals surface area contributed by atoms with E-state index in [-0.39, 0.29) is 25.2 Å². The normalized spacial score (nSPS) is 11.5. The van der Waals surface area contributed by atoms with Gasteiger partial charge in [0.15, 0.2) is 0 Å². The molecule has 0 aromatic rings. The number of hydrogen-bond donors (Lipinski definition) is 0. The minimum atomic E-state index is -0.130. The Morgan fingerprint density at radius 3 is 0.556 bits per heavy atom. The molecule has 376 valence electrons. The summed E-state index contributed by atoms with van der Waals surface area (Å²) >= 11 is 0. The Hall–Kier alpha value is -1.10. The van der Waals surface area contributed by atoms with Crippen LogP contribution in [0.5, 0.6) is 0 Å². The van der Waals surface area contributed by atoms with Crippen LogP contribution in [0.3, 0.4) is 0 Å². The van der Waals surface area contributed by atoms with Crippen LogP contribution < -0.4 is 0 Å². The van der Waals surface area contributed by atoms with E-state index in [1.807, 2.05) is 0 Å². The lowest BCUT2D eigenvalue weighted by Crippen LogP contribution is -2.14. The molecule has 0 saturated carbocycles. The van der Waals surface area contributed by atoms with Crippen LogP contribution in [0.1, 0.15) is 335 Å². The van der Waals surface area contributed by atoms with Gasteiger partial charge in [0.2, 0.25) is 0 Å². The molecule has 5 heteroatoms. The largest absolute Gasteiger partial charge is 0.463 e. The number of hydrogen-bond acceptors (Lipinski definition) is 5. The standard InChI is InChI=1S/C58H114O5/c1-3-5-7-9-11-13-15-17-19-21-23-25-27-29-31-33-35-37-39-41-43-45-47-49-51-57(59)62-55-53-61-54-56-63-58(60)52-50-48-46-44-42-40-38-36-34-32-30-28-26-24-22-20-18-16-14-12-10-8-6-4-2/h3-56H2,1-2H3. The number of carbonyl (C=O) groups excluding carboxylic acids is 2. The number of carbonyl (C=O) groups is 2. The van der Waals surface area contributed by atoms with Crippen molar-refractivity contribution in [3.63, 3.8) is 0 Å². The van der Waals surface area contributed by atoms with Crippen LogP contribution >= 0.6 is 0 Å². The van der Waals surface area contributed by atoms with Crippen LogP contribution in [0.4, 0.5) is 0 Å². The molecule has 0 aromatic carbocycles. The van der Waals surface area contributed by atoms with Crippen LogP contribution in [0.25, 0.3) is 0 Å². The molecule has 0 aliphatic carbocycles. The predicted molar refractivity (Wildman–Crippen MR) is 275 cm³/mol. The molecule has 0 rings (SSSR count). The third-order valence-corrected chi connectivity index (χ3v) is 13.5. The van der Waals surface area contributed by atoms with Crippen molar-refractivity contribution in [3.05, 3.63) is 0 Å². The lowest BCUT2D eigenvalue weighted by Gasteiger charge is -2.07. The second-order valence-corrected chi connectivity index (χ2v) is 19.8. The molecule has 0 unspecified atom stereocenters. The zero-order chi connectivity index (χ0) is 45.5. The maximum Gasteiger partial charge on any atom is 0.305 e. The van der Waals surface area contributed by atoms with Crippen molar-refractivity contribution < 1.29 is 23.8 Å². The van der Waals surface area contributed by atoms with Crippen molar-refractivity contribution in [2.24, 2.45) is 0 Å². The summed E-state index contributed by atoms with van der Waals surface area (Å²) in [6.07, 6.45) is 67.1. The Kier molecular flexibility index (Phi) is 56.0. The molecule has 0 aromatic heterocycles. The van der Waals surface area contributed by atoms with E-state index in [0.29, 0.717) is 26.1 Å². The average molecular weight is 892 g/mol. The Balaban J connectivity index is 3.22. The number of ether oxygens (including phenoxy) is 3. The minimum absolute atomic E-state index is 0.130. The smallest absolute Gasteiger partial charge is 0.305 e. The molecule has 0 spiro atoms. The molecule has 0 radical (unpaired) electrons. The molecule has 0 N–H and O–H groups in total. The SMILES string of the molecule is CCCCCCCCCCCCCCCCCCCCCCCCCCC(=O)OCCOCCOC(=O)CCCCCCCCCCCCCCCCCCCCCCCCCC. The van der Waals surface area contributed by atoms with E-state index in [1.165, 1.54) is 283 Å². The average Bonchev–Trinajstić information content (AvgIpc) is 3.28. The Bertz CT molecular complexity index is 792. The summed E-state index contributed by atoms with van der Waals surface area (Å²) in [6.45, 7) is 5.83. The summed E-state index contributed by atoms with van der Waals surface area (Å²) in [6, 6.07) is 0. The first kappa shape index (κ1) is 61.9. The van der Waals surface area contributed by atoms with Gasteiger partial charge in [-0.25, -0.2) is 0 Å². The van der Waals surface area contributed by atoms with Crippen LogP contribution in [-0.4, -0.2) is 38.4 Å². The molecule has 0 aliphatic rings. The van der Waals surface area contributed by atoms with E-state index >= 15 is 0 Å². The van der Waals surface area contributed by atoms with E-state index in [0.717, 1.165) is 25.7 Å². The van der Waals surface area contributed by atoms with Crippen molar-refractivity contribution in [1.29, 1.82) is 0 Å². The third-order valence-electron chi connectivity index (χ3n) is 13.5. The van der Waals surface area contributed by atoms with E-state index in [9.17, 15) is 9.59 Å². The molecule has 0 amide bonds. The fraction of sp³-hybridized carbons (Fsp3) is 0.966. The quantitative estimate of drug-likeness (QED) is 0.0450. The van der Waals surface area contributed by atoms with Gasteiger partial charge in [0, 0.05) is 12.8 Å². The first-order valence-electron chi connectivity index (χ1n) is 29.1. The van der Waals surface area contributed by atoms with Gasteiger partial charge in [-0.15, -0.1) is 0 Å². The van der Waals surface area contributed by atoms with E-state index in [4.69, 9.17) is 14.2 Å². The summed E-state index contributed by atoms with van der Waals surface area (Å²) in [5.74, 6) is -0.260. The Labute approximate surface area is 395 Å². The van der Waals surface area contributed by atoms with E-state index < -0.39 is 0 Å². The number of esters is 2. The second-order valence-electron chi connectivity index (χ2n) is 19.8. The van der Waals surface area contributed by atoms with Crippen LogP contribution in [-0.2, 0) is 23.8 Å². The lowest BCUT2D eigenvalue weighted by atomic mass is 10.0. The van der Waals surface area contributed by atoms with Gasteiger partial charge in [-0.05, 0) is 12.8 Å². The summed E-state index contributed by atoms with van der Waals surface area (Å²) in [5, 5.41) is 0. The highest BCUT2D eigenvalue weighted by Gasteiger charge is 2.05. The van der Waals surface area contributed by atoms with Gasteiger partial charge in [0.05, 0.1) is 13.2 Å². The van der Waals surface area contributed by atoms with Gasteiger partial charge >= 0.3 is 11.9 Å². The van der Waals surface area contributed by atoms with Gasteiger partial charge in [0.25, 0.3) is 0 Å². The molecule has 0 atom stereocenters. The molecule has 0 saturated heterocycles. The van der Waals surface area contributed by atoms with Crippen molar-refractivity contribution in [2.75, 3.05) is 26.4 Å². The van der Waals surface area contributed by atoms with Crippen molar-refractivity contribution in [3.8, 4) is 0 Å². The van der Waals surface area contributed by atoms with Gasteiger partial charge in [-0.2, -0.15) is 0 Å². The monoisotopic (exact) mass is 891 g/mol. The molecule has 63 heavy (non-hydrogen) atoms. The highest BCUT2D eigenvalue weighted by atomic mass is 16.6. The first-order chi connectivity index (χ1) is 31.2. The zero-order valence-corrected chi connectivity index (χ0v) is 43.2. The minimum Gasteiger partial charge on any atom is -0.463 e. The fourth-order valence-corrected chi connectivity index (χ4v) is 9.14. The molecule has 0 aliphatic heterocycles. The maximum absolute atomic E-state index is 12.0. The van der Waals surface area contributed by atoms with Gasteiger partial charge in [-0.1, -0.05) is 309 Å². The summed E-state index contributed by atoms with van der Waals surface area (Å²) in [5.41, 5.74) is 0. The fourth-order valence-electron chi connectivity index (χ4n) is 9.14. The van der Waals surface area contributed by atoms with Crippen molar-refractivity contribution in [1.82, 2.24) is 0 Å². The van der Waals surface area contributed by atoms with Gasteiger partial charge in [0.1, 0.15) is 13.2 Å².